The molecule has 1 heterocycles. The molecule has 0 saturated carbocycles. The molecule has 0 bridgehead atoms. The fraction of sp³-hybridized carbons (Fsp3) is 0.533. The van der Waals surface area contributed by atoms with E-state index in [2.05, 4.69) is 32.0 Å². The van der Waals surface area contributed by atoms with E-state index in [1.807, 2.05) is 18.7 Å². The second kappa shape index (κ2) is 4.73. The number of rotatable bonds is 2. The van der Waals surface area contributed by atoms with Gasteiger partial charge in [-0.1, -0.05) is 29.3 Å². The zero-order chi connectivity index (χ0) is 13.4. The van der Waals surface area contributed by atoms with Gasteiger partial charge in [-0.15, -0.1) is 0 Å². The number of hydrogen-bond donors (Lipinski definition) is 1. The first-order valence-corrected chi connectivity index (χ1v) is 6.55. The number of carbonyl (C=O) groups excluding carboxylic acids is 1. The summed E-state index contributed by atoms with van der Waals surface area (Å²) >= 11 is 0. The van der Waals surface area contributed by atoms with Crippen LogP contribution in [0.25, 0.3) is 0 Å². The number of amides is 1. The van der Waals surface area contributed by atoms with Gasteiger partial charge in [0.25, 0.3) is 0 Å². The molecule has 0 spiro atoms. The monoisotopic (exact) mass is 246 g/mol. The van der Waals surface area contributed by atoms with Crippen molar-refractivity contribution >= 4 is 5.91 Å². The summed E-state index contributed by atoms with van der Waals surface area (Å²) in [4.78, 5) is 14.0. The van der Waals surface area contributed by atoms with Crippen molar-refractivity contribution in [3.05, 3.63) is 34.9 Å². The van der Waals surface area contributed by atoms with Crippen LogP contribution in [0.2, 0.25) is 0 Å². The highest BCUT2D eigenvalue weighted by Gasteiger charge is 2.39. The second-order valence-corrected chi connectivity index (χ2v) is 5.63. The highest BCUT2D eigenvalue weighted by atomic mass is 16.2. The summed E-state index contributed by atoms with van der Waals surface area (Å²) < 4.78 is 0. The van der Waals surface area contributed by atoms with Crippen molar-refractivity contribution in [2.24, 2.45) is 5.73 Å². The maximum absolute atomic E-state index is 12.0. The Bertz CT molecular complexity index is 447. The minimum Gasteiger partial charge on any atom is -0.332 e. The average molecular weight is 246 g/mol. The summed E-state index contributed by atoms with van der Waals surface area (Å²) in [5.41, 5.74) is 9.78. The number of aryl methyl sites for hydroxylation is 2. The Hall–Kier alpha value is -1.35. The van der Waals surface area contributed by atoms with Crippen molar-refractivity contribution in [3.8, 4) is 0 Å². The number of nitrogens with zero attached hydrogens (tertiary/aromatic N) is 1. The number of likely N-dealkylation sites (tertiary alicyclic amines) is 1. The van der Waals surface area contributed by atoms with Gasteiger partial charge in [0, 0.05) is 18.5 Å². The minimum absolute atomic E-state index is 0.0242. The van der Waals surface area contributed by atoms with Crippen LogP contribution in [0.15, 0.2) is 18.2 Å². The van der Waals surface area contributed by atoms with Crippen LogP contribution >= 0.6 is 0 Å². The van der Waals surface area contributed by atoms with Crippen LogP contribution in [0.5, 0.6) is 0 Å². The summed E-state index contributed by atoms with van der Waals surface area (Å²) in [6.45, 7) is 8.26. The van der Waals surface area contributed by atoms with Gasteiger partial charge < -0.3 is 10.6 Å². The quantitative estimate of drug-likeness (QED) is 0.870. The molecule has 1 amide bonds. The van der Waals surface area contributed by atoms with Gasteiger partial charge in [0.2, 0.25) is 5.91 Å². The fourth-order valence-electron chi connectivity index (χ4n) is 2.98. The first-order chi connectivity index (χ1) is 8.40. The fourth-order valence-corrected chi connectivity index (χ4v) is 2.98. The second-order valence-electron chi connectivity index (χ2n) is 5.63. The van der Waals surface area contributed by atoms with Gasteiger partial charge in [-0.2, -0.15) is 0 Å². The van der Waals surface area contributed by atoms with Crippen LogP contribution in [0.1, 0.15) is 43.0 Å². The molecule has 1 saturated heterocycles. The molecule has 1 aliphatic heterocycles. The zero-order valence-corrected chi connectivity index (χ0v) is 11.6. The predicted molar refractivity (Wildman–Crippen MR) is 73.2 cm³/mol. The normalized spacial score (nSPS) is 24.1. The van der Waals surface area contributed by atoms with Gasteiger partial charge in [0.15, 0.2) is 0 Å². The molecule has 98 valence electrons. The van der Waals surface area contributed by atoms with E-state index in [0.29, 0.717) is 6.42 Å². The van der Waals surface area contributed by atoms with Crippen molar-refractivity contribution in [3.63, 3.8) is 0 Å². The molecule has 0 radical (unpaired) electrons. The largest absolute Gasteiger partial charge is 0.332 e. The van der Waals surface area contributed by atoms with Crippen LogP contribution in [0.3, 0.4) is 0 Å². The van der Waals surface area contributed by atoms with E-state index >= 15 is 0 Å². The zero-order valence-electron chi connectivity index (χ0n) is 11.6. The number of hydrogen-bond acceptors (Lipinski definition) is 2. The maximum Gasteiger partial charge on any atom is 0.225 e. The van der Waals surface area contributed by atoms with Crippen molar-refractivity contribution in [2.45, 2.75) is 52.2 Å². The molecule has 1 aromatic rings. The van der Waals surface area contributed by atoms with Crippen LogP contribution < -0.4 is 5.73 Å². The first kappa shape index (κ1) is 13.1. The van der Waals surface area contributed by atoms with Gasteiger partial charge >= 0.3 is 0 Å². The summed E-state index contributed by atoms with van der Waals surface area (Å²) in [5.74, 6) is 0.168. The lowest BCUT2D eigenvalue weighted by atomic mass is 9.96. The van der Waals surface area contributed by atoms with Crippen LogP contribution in [0, 0.1) is 13.8 Å². The molecule has 0 unspecified atom stereocenters. The Morgan fingerprint density at radius 2 is 1.78 bits per heavy atom. The Kier molecular flexibility index (Phi) is 3.44. The Labute approximate surface area is 109 Å². The predicted octanol–water partition coefficient (Wildman–Crippen LogP) is 2.31. The summed E-state index contributed by atoms with van der Waals surface area (Å²) in [7, 11) is 0. The van der Waals surface area contributed by atoms with Gasteiger partial charge in [-0.3, -0.25) is 4.79 Å². The standard InChI is InChI=1S/C15H22N2O/c1-9(2)17-14(18)8-13(16)15(17)12-6-10(3)5-11(4)7-12/h5-7,9,13,15H,8,16H2,1-4H3/t13-,15+/m0/s1. The van der Waals surface area contributed by atoms with Gasteiger partial charge in [0.05, 0.1) is 6.04 Å². The number of benzene rings is 1. The number of carbonyl (C=O) groups is 1. The van der Waals surface area contributed by atoms with Crippen LogP contribution in [-0.4, -0.2) is 22.9 Å². The summed E-state index contributed by atoms with van der Waals surface area (Å²) in [6.07, 6.45) is 0.454. The Morgan fingerprint density at radius 1 is 1.22 bits per heavy atom. The molecule has 1 aromatic carbocycles. The molecule has 2 rings (SSSR count). The third kappa shape index (κ3) is 2.27. The third-order valence-electron chi connectivity index (χ3n) is 3.55. The molecule has 0 aromatic heterocycles. The smallest absolute Gasteiger partial charge is 0.225 e. The van der Waals surface area contributed by atoms with E-state index in [-0.39, 0.29) is 24.0 Å². The molecule has 3 nitrogen and oxygen atoms in total. The molecule has 1 aliphatic rings. The Balaban J connectivity index is 2.43. The molecule has 0 aliphatic carbocycles. The molecule has 1 fully saturated rings. The van der Waals surface area contributed by atoms with Crippen molar-refractivity contribution in [2.75, 3.05) is 0 Å². The molecule has 2 atom stereocenters. The lowest BCUT2D eigenvalue weighted by Gasteiger charge is -2.31. The van der Waals surface area contributed by atoms with Crippen LogP contribution in [0.4, 0.5) is 0 Å². The van der Waals surface area contributed by atoms with E-state index in [1.165, 1.54) is 16.7 Å². The SMILES string of the molecule is Cc1cc(C)cc([C@@H]2[C@@H](N)CC(=O)N2C(C)C)c1. The highest BCUT2D eigenvalue weighted by molar-refractivity contribution is 5.80. The van der Waals surface area contributed by atoms with Crippen molar-refractivity contribution in [1.82, 2.24) is 4.90 Å². The minimum atomic E-state index is -0.0962. The Morgan fingerprint density at radius 3 is 2.28 bits per heavy atom. The van der Waals surface area contributed by atoms with Gasteiger partial charge in [-0.25, -0.2) is 0 Å². The van der Waals surface area contributed by atoms with E-state index in [0.717, 1.165) is 0 Å². The third-order valence-corrected chi connectivity index (χ3v) is 3.55. The van der Waals surface area contributed by atoms with E-state index in [9.17, 15) is 4.79 Å². The van der Waals surface area contributed by atoms with Gasteiger partial charge in [0.1, 0.15) is 0 Å². The molecular weight excluding hydrogens is 224 g/mol. The lowest BCUT2D eigenvalue weighted by molar-refractivity contribution is -0.130. The highest BCUT2D eigenvalue weighted by Crippen LogP contribution is 2.34. The van der Waals surface area contributed by atoms with Gasteiger partial charge in [-0.05, 0) is 33.3 Å². The topological polar surface area (TPSA) is 46.3 Å². The average Bonchev–Trinajstić information content (AvgIpc) is 2.51. The maximum atomic E-state index is 12.0. The molecule has 2 N–H and O–H groups in total. The van der Waals surface area contributed by atoms with Crippen molar-refractivity contribution < 1.29 is 4.79 Å². The first-order valence-electron chi connectivity index (χ1n) is 6.55. The van der Waals surface area contributed by atoms with E-state index in [4.69, 9.17) is 5.73 Å². The molecule has 18 heavy (non-hydrogen) atoms. The molecular formula is C15H22N2O. The van der Waals surface area contributed by atoms with Crippen LogP contribution in [-0.2, 0) is 4.79 Å². The lowest BCUT2D eigenvalue weighted by Crippen LogP contribution is -2.37. The number of nitrogens with two attached hydrogens (primary N) is 1. The molecule has 3 heteroatoms. The van der Waals surface area contributed by atoms with E-state index in [1.54, 1.807) is 0 Å². The summed E-state index contributed by atoms with van der Waals surface area (Å²) in [6, 6.07) is 6.55. The van der Waals surface area contributed by atoms with E-state index < -0.39 is 0 Å². The summed E-state index contributed by atoms with van der Waals surface area (Å²) in [5, 5.41) is 0. The van der Waals surface area contributed by atoms with Crippen molar-refractivity contribution in [1.29, 1.82) is 0 Å².